The predicted octanol–water partition coefficient (Wildman–Crippen LogP) is 6.27. The Bertz CT molecular complexity index is 1100. The zero-order valence-electron chi connectivity index (χ0n) is 18.8. The van der Waals surface area contributed by atoms with Crippen molar-refractivity contribution in [2.24, 2.45) is 11.8 Å². The summed E-state index contributed by atoms with van der Waals surface area (Å²) in [4.78, 5) is 27.5. The number of hydrogen-bond donors (Lipinski definition) is 2. The third-order valence-electron chi connectivity index (χ3n) is 6.80. The minimum atomic E-state index is -0.280. The molecule has 0 radical (unpaired) electrons. The minimum absolute atomic E-state index is 0.0573. The average Bonchev–Trinajstić information content (AvgIpc) is 3.45. The van der Waals surface area contributed by atoms with Crippen molar-refractivity contribution in [1.29, 1.82) is 0 Å². The van der Waals surface area contributed by atoms with Crippen LogP contribution < -0.4 is 5.32 Å². The lowest BCUT2D eigenvalue weighted by atomic mass is 9.90. The lowest BCUT2D eigenvalue weighted by Crippen LogP contribution is -2.32. The first-order valence-corrected chi connectivity index (χ1v) is 11.6. The quantitative estimate of drug-likeness (QED) is 0.411. The molecule has 1 aliphatic rings. The van der Waals surface area contributed by atoms with Crippen LogP contribution in [0.1, 0.15) is 62.7 Å². The van der Waals surface area contributed by atoms with E-state index in [1.807, 2.05) is 38.1 Å². The van der Waals surface area contributed by atoms with Gasteiger partial charge in [-0.15, -0.1) is 0 Å². The molecular formula is C27H31FN2O2. The third-order valence-corrected chi connectivity index (χ3v) is 6.80. The number of Topliss-reactive ketones (excluding diaryl/α,β-unsaturated/α-hetero) is 1. The number of benzene rings is 2. The van der Waals surface area contributed by atoms with Gasteiger partial charge in [0.25, 0.3) is 0 Å². The maximum atomic E-state index is 14.5. The summed E-state index contributed by atoms with van der Waals surface area (Å²) in [5, 5.41) is 4.05. The van der Waals surface area contributed by atoms with Gasteiger partial charge >= 0.3 is 0 Å². The summed E-state index contributed by atoms with van der Waals surface area (Å²) in [5.74, 6) is 0.485. The number of rotatable bonds is 8. The van der Waals surface area contributed by atoms with Gasteiger partial charge in [0.1, 0.15) is 5.82 Å². The van der Waals surface area contributed by atoms with Gasteiger partial charge in [0, 0.05) is 46.6 Å². The van der Waals surface area contributed by atoms with Crippen LogP contribution in [0.25, 0.3) is 22.0 Å². The van der Waals surface area contributed by atoms with Gasteiger partial charge in [-0.2, -0.15) is 0 Å². The predicted molar refractivity (Wildman–Crippen MR) is 126 cm³/mol. The summed E-state index contributed by atoms with van der Waals surface area (Å²) in [7, 11) is 0. The number of fused-ring (bicyclic) bond motifs is 1. The zero-order valence-corrected chi connectivity index (χ0v) is 18.8. The lowest BCUT2D eigenvalue weighted by Gasteiger charge is -2.15. The molecule has 1 aliphatic carbocycles. The van der Waals surface area contributed by atoms with Crippen molar-refractivity contribution in [3.63, 3.8) is 0 Å². The molecule has 32 heavy (non-hydrogen) atoms. The molecule has 1 aromatic heterocycles. The van der Waals surface area contributed by atoms with E-state index in [1.165, 1.54) is 6.07 Å². The molecule has 2 N–H and O–H groups in total. The molecule has 168 valence electrons. The normalized spacial score (nSPS) is 19.2. The van der Waals surface area contributed by atoms with Crippen molar-refractivity contribution in [1.82, 2.24) is 10.3 Å². The van der Waals surface area contributed by atoms with Gasteiger partial charge in [0.05, 0.1) is 0 Å². The molecule has 4 nitrogen and oxygen atoms in total. The number of hydrogen-bond acceptors (Lipinski definition) is 2. The van der Waals surface area contributed by atoms with Crippen LogP contribution in [0.3, 0.4) is 0 Å². The van der Waals surface area contributed by atoms with Crippen LogP contribution in [0, 0.1) is 17.7 Å². The van der Waals surface area contributed by atoms with Crippen molar-refractivity contribution in [3.8, 4) is 11.1 Å². The van der Waals surface area contributed by atoms with Gasteiger partial charge in [-0.25, -0.2) is 4.39 Å². The van der Waals surface area contributed by atoms with Crippen LogP contribution in [-0.4, -0.2) is 22.7 Å². The number of aromatic nitrogens is 1. The van der Waals surface area contributed by atoms with Crippen LogP contribution >= 0.6 is 0 Å². The topological polar surface area (TPSA) is 62.0 Å². The van der Waals surface area contributed by atoms with Crippen molar-refractivity contribution in [2.75, 3.05) is 0 Å². The molecule has 5 heteroatoms. The molecule has 0 saturated heterocycles. The highest BCUT2D eigenvalue weighted by atomic mass is 19.1. The summed E-state index contributed by atoms with van der Waals surface area (Å²) in [6.45, 7) is 3.86. The van der Waals surface area contributed by atoms with E-state index in [9.17, 15) is 14.0 Å². The molecule has 1 fully saturated rings. The smallest absolute Gasteiger partial charge is 0.219 e. The second kappa shape index (κ2) is 9.68. The number of aromatic amines is 1. The molecular weight excluding hydrogens is 403 g/mol. The van der Waals surface area contributed by atoms with Gasteiger partial charge in [-0.05, 0) is 61.8 Å². The van der Waals surface area contributed by atoms with Crippen molar-refractivity contribution in [2.45, 2.75) is 58.4 Å². The maximum Gasteiger partial charge on any atom is 0.219 e. The third kappa shape index (κ3) is 4.93. The van der Waals surface area contributed by atoms with E-state index in [0.717, 1.165) is 48.6 Å². The summed E-state index contributed by atoms with van der Waals surface area (Å²) >= 11 is 0. The molecule has 0 bridgehead atoms. The van der Waals surface area contributed by atoms with Crippen LogP contribution in [0.2, 0.25) is 0 Å². The van der Waals surface area contributed by atoms with Crippen molar-refractivity contribution in [3.05, 3.63) is 60.0 Å². The average molecular weight is 435 g/mol. The number of halogens is 1. The van der Waals surface area contributed by atoms with Gasteiger partial charge in [-0.3, -0.25) is 9.59 Å². The molecule has 3 atom stereocenters. The van der Waals surface area contributed by atoms with Gasteiger partial charge in [0.2, 0.25) is 5.91 Å². The monoisotopic (exact) mass is 434 g/mol. The van der Waals surface area contributed by atoms with E-state index in [0.29, 0.717) is 23.5 Å². The summed E-state index contributed by atoms with van der Waals surface area (Å²) in [6.07, 6.45) is 7.33. The number of carbonyl (C=O) groups excluding carboxylic acids is 2. The van der Waals surface area contributed by atoms with Crippen LogP contribution in [0.15, 0.2) is 48.7 Å². The summed E-state index contributed by atoms with van der Waals surface area (Å²) in [5.41, 5.74) is 2.74. The zero-order chi connectivity index (χ0) is 22.7. The Labute approximate surface area is 188 Å². The van der Waals surface area contributed by atoms with Crippen molar-refractivity contribution >= 4 is 22.6 Å². The highest BCUT2D eigenvalue weighted by molar-refractivity contribution is 5.98. The lowest BCUT2D eigenvalue weighted by molar-refractivity contribution is -0.121. The summed E-state index contributed by atoms with van der Waals surface area (Å²) in [6, 6.07) is 12.8. The number of nitrogens with one attached hydrogen (secondary N) is 2. The highest BCUT2D eigenvalue weighted by Crippen LogP contribution is 2.32. The number of carbonyl (C=O) groups is 2. The second-order valence-electron chi connectivity index (χ2n) is 9.11. The molecule has 1 saturated carbocycles. The maximum absolute atomic E-state index is 14.5. The first kappa shape index (κ1) is 22.3. The Morgan fingerprint density at radius 1 is 1.16 bits per heavy atom. The van der Waals surface area contributed by atoms with E-state index in [2.05, 4.69) is 10.3 Å². The van der Waals surface area contributed by atoms with E-state index in [4.69, 9.17) is 0 Å². The van der Waals surface area contributed by atoms with Crippen LogP contribution in [-0.2, 0) is 4.79 Å². The fraction of sp³-hybridized carbons (Fsp3) is 0.407. The molecule has 4 rings (SSSR count). The first-order valence-electron chi connectivity index (χ1n) is 11.6. The standard InChI is InChI=1S/C27H31FN2O2/c1-3-26(31)30-22-11-6-18(14-22)5-4-17(2)27(32)20-9-7-19(8-10-20)23-15-21-12-13-29-25(21)16-24(23)28/h7-10,12-13,15-18,22,29H,3-6,11,14H2,1-2H3,(H,30,31). The molecule has 3 unspecified atom stereocenters. The first-order chi connectivity index (χ1) is 15.4. The highest BCUT2D eigenvalue weighted by Gasteiger charge is 2.26. The minimum Gasteiger partial charge on any atom is -0.361 e. The van der Waals surface area contributed by atoms with Crippen LogP contribution in [0.4, 0.5) is 4.39 Å². The van der Waals surface area contributed by atoms with E-state index in [1.54, 1.807) is 18.3 Å². The Hall–Kier alpha value is -2.95. The van der Waals surface area contributed by atoms with E-state index < -0.39 is 0 Å². The Balaban J connectivity index is 1.34. The molecule has 1 heterocycles. The molecule has 1 amide bonds. The molecule has 0 spiro atoms. The number of H-pyrrole nitrogens is 1. The van der Waals surface area contributed by atoms with Crippen LogP contribution in [0.5, 0.6) is 0 Å². The summed E-state index contributed by atoms with van der Waals surface area (Å²) < 4.78 is 14.5. The largest absolute Gasteiger partial charge is 0.361 e. The second-order valence-corrected chi connectivity index (χ2v) is 9.11. The van der Waals surface area contributed by atoms with Crippen molar-refractivity contribution < 1.29 is 14.0 Å². The number of amides is 1. The van der Waals surface area contributed by atoms with Gasteiger partial charge in [-0.1, -0.05) is 38.1 Å². The Morgan fingerprint density at radius 2 is 1.94 bits per heavy atom. The fourth-order valence-electron chi connectivity index (χ4n) is 4.81. The Kier molecular flexibility index (Phi) is 6.73. The number of ketones is 1. The molecule has 0 aliphatic heterocycles. The van der Waals surface area contributed by atoms with Gasteiger partial charge < -0.3 is 10.3 Å². The van der Waals surface area contributed by atoms with Gasteiger partial charge in [0.15, 0.2) is 5.78 Å². The molecule has 3 aromatic rings. The molecule has 2 aromatic carbocycles. The van der Waals surface area contributed by atoms with E-state index in [-0.39, 0.29) is 29.5 Å². The fourth-order valence-corrected chi connectivity index (χ4v) is 4.81. The van der Waals surface area contributed by atoms with E-state index >= 15 is 0 Å². The Morgan fingerprint density at radius 3 is 2.69 bits per heavy atom. The SMILES string of the molecule is CCC(=O)NC1CCC(CCC(C)C(=O)c2ccc(-c3cc4cc[nH]c4cc3F)cc2)C1.